The molecule has 4 nitrogen and oxygen atoms in total. The van der Waals surface area contributed by atoms with E-state index in [0.717, 1.165) is 18.7 Å². The molecule has 1 aliphatic rings. The van der Waals surface area contributed by atoms with Crippen molar-refractivity contribution in [2.24, 2.45) is 0 Å². The Kier molecular flexibility index (Phi) is 4.18. The standard InChI is InChI=1S/C12H18ClN3O/c1-3-16-6-4-5-10(16)7-9-8-11(13)12(17-2)15-14-9/h8,10H,3-7H2,1-2H3. The number of likely N-dealkylation sites (N-methyl/N-ethyl adjacent to an activating group) is 1. The van der Waals surface area contributed by atoms with Gasteiger partial charge in [0.1, 0.15) is 5.02 Å². The van der Waals surface area contributed by atoms with Crippen LogP contribution in [0.3, 0.4) is 0 Å². The first-order valence-electron chi connectivity index (χ1n) is 6.04. The van der Waals surface area contributed by atoms with E-state index in [9.17, 15) is 0 Å². The van der Waals surface area contributed by atoms with Gasteiger partial charge >= 0.3 is 0 Å². The molecule has 0 aliphatic carbocycles. The van der Waals surface area contributed by atoms with Crippen LogP contribution in [0.15, 0.2) is 6.07 Å². The fourth-order valence-corrected chi connectivity index (χ4v) is 2.66. The third kappa shape index (κ3) is 2.87. The molecule has 1 atom stereocenters. The molecule has 1 aromatic heterocycles. The minimum Gasteiger partial charge on any atom is -0.479 e. The molecule has 0 spiro atoms. The summed E-state index contributed by atoms with van der Waals surface area (Å²) in [5, 5.41) is 8.66. The lowest BCUT2D eigenvalue weighted by Crippen LogP contribution is -2.31. The molecule has 0 N–H and O–H groups in total. The van der Waals surface area contributed by atoms with Crippen LogP contribution in [0.1, 0.15) is 25.5 Å². The van der Waals surface area contributed by atoms with Crippen molar-refractivity contribution in [1.82, 2.24) is 15.1 Å². The van der Waals surface area contributed by atoms with Gasteiger partial charge in [-0.25, -0.2) is 0 Å². The van der Waals surface area contributed by atoms with E-state index in [1.54, 1.807) is 7.11 Å². The molecule has 1 saturated heterocycles. The van der Waals surface area contributed by atoms with E-state index in [1.807, 2.05) is 6.07 Å². The van der Waals surface area contributed by atoms with Crippen LogP contribution >= 0.6 is 11.6 Å². The maximum atomic E-state index is 6.04. The summed E-state index contributed by atoms with van der Waals surface area (Å²) in [4.78, 5) is 2.49. The Morgan fingerprint density at radius 1 is 1.53 bits per heavy atom. The Morgan fingerprint density at radius 2 is 2.35 bits per heavy atom. The molecular weight excluding hydrogens is 238 g/mol. The van der Waals surface area contributed by atoms with E-state index in [0.29, 0.717) is 16.9 Å². The maximum absolute atomic E-state index is 6.04. The molecule has 0 aromatic carbocycles. The van der Waals surface area contributed by atoms with Crippen molar-refractivity contribution in [3.8, 4) is 5.88 Å². The van der Waals surface area contributed by atoms with E-state index >= 15 is 0 Å². The summed E-state index contributed by atoms with van der Waals surface area (Å²) in [6, 6.07) is 2.44. The van der Waals surface area contributed by atoms with Crippen LogP contribution in [0.25, 0.3) is 0 Å². The lowest BCUT2D eigenvalue weighted by atomic mass is 10.1. The molecule has 0 bridgehead atoms. The van der Waals surface area contributed by atoms with Gasteiger partial charge in [-0.15, -0.1) is 5.10 Å². The highest BCUT2D eigenvalue weighted by Gasteiger charge is 2.23. The van der Waals surface area contributed by atoms with E-state index in [1.165, 1.54) is 19.4 Å². The van der Waals surface area contributed by atoms with Crippen molar-refractivity contribution in [3.63, 3.8) is 0 Å². The van der Waals surface area contributed by atoms with Crippen molar-refractivity contribution in [1.29, 1.82) is 0 Å². The minimum absolute atomic E-state index is 0.397. The first kappa shape index (κ1) is 12.6. The summed E-state index contributed by atoms with van der Waals surface area (Å²) in [6.07, 6.45) is 3.43. The SMILES string of the molecule is CCN1CCCC1Cc1cc(Cl)c(OC)nn1. The Hall–Kier alpha value is -0.870. The number of aromatic nitrogens is 2. The van der Waals surface area contributed by atoms with Crippen molar-refractivity contribution in [2.75, 3.05) is 20.2 Å². The average Bonchev–Trinajstić information content (AvgIpc) is 2.76. The summed E-state index contributed by atoms with van der Waals surface area (Å²) in [5.74, 6) is 0.397. The van der Waals surface area contributed by atoms with Crippen LogP contribution in [-0.4, -0.2) is 41.3 Å². The third-order valence-electron chi connectivity index (χ3n) is 3.31. The molecule has 2 rings (SSSR count). The normalized spacial score (nSPS) is 20.8. The Morgan fingerprint density at radius 3 is 3.00 bits per heavy atom. The predicted molar refractivity (Wildman–Crippen MR) is 67.6 cm³/mol. The second-order valence-electron chi connectivity index (χ2n) is 4.32. The van der Waals surface area contributed by atoms with Gasteiger partial charge in [0.15, 0.2) is 0 Å². The summed E-state index contributed by atoms with van der Waals surface area (Å²) >= 11 is 6.04. The topological polar surface area (TPSA) is 38.2 Å². The molecule has 17 heavy (non-hydrogen) atoms. The highest BCUT2D eigenvalue weighted by Crippen LogP contribution is 2.24. The molecular formula is C12H18ClN3O. The number of halogens is 1. The number of hydrogen-bond donors (Lipinski definition) is 0. The Labute approximate surface area is 107 Å². The number of likely N-dealkylation sites (tertiary alicyclic amines) is 1. The van der Waals surface area contributed by atoms with Crippen molar-refractivity contribution in [3.05, 3.63) is 16.8 Å². The average molecular weight is 256 g/mol. The molecule has 1 unspecified atom stereocenters. The van der Waals surface area contributed by atoms with Gasteiger partial charge in [-0.05, 0) is 32.0 Å². The van der Waals surface area contributed by atoms with Crippen LogP contribution in [-0.2, 0) is 6.42 Å². The molecule has 0 amide bonds. The highest BCUT2D eigenvalue weighted by atomic mass is 35.5. The smallest absolute Gasteiger partial charge is 0.252 e. The van der Waals surface area contributed by atoms with Crippen LogP contribution in [0.5, 0.6) is 5.88 Å². The number of ether oxygens (including phenoxy) is 1. The predicted octanol–water partition coefficient (Wildman–Crippen LogP) is 2.17. The van der Waals surface area contributed by atoms with Crippen molar-refractivity contribution in [2.45, 2.75) is 32.2 Å². The molecule has 1 fully saturated rings. The Bertz CT molecular complexity index is 386. The van der Waals surface area contributed by atoms with Gasteiger partial charge < -0.3 is 9.64 Å². The minimum atomic E-state index is 0.397. The molecule has 94 valence electrons. The molecule has 1 aliphatic heterocycles. The number of nitrogens with zero attached hydrogens (tertiary/aromatic N) is 3. The van der Waals surface area contributed by atoms with Crippen LogP contribution < -0.4 is 4.74 Å². The zero-order valence-corrected chi connectivity index (χ0v) is 11.1. The maximum Gasteiger partial charge on any atom is 0.252 e. The molecule has 1 aromatic rings. The fraction of sp³-hybridized carbons (Fsp3) is 0.667. The second-order valence-corrected chi connectivity index (χ2v) is 4.73. The van der Waals surface area contributed by atoms with Gasteiger partial charge in [-0.3, -0.25) is 0 Å². The molecule has 5 heteroatoms. The monoisotopic (exact) mass is 255 g/mol. The fourth-order valence-electron chi connectivity index (χ4n) is 2.42. The van der Waals surface area contributed by atoms with Crippen molar-refractivity contribution >= 4 is 11.6 Å². The molecule has 2 heterocycles. The van der Waals surface area contributed by atoms with Gasteiger partial charge in [-0.1, -0.05) is 18.5 Å². The highest BCUT2D eigenvalue weighted by molar-refractivity contribution is 6.31. The number of rotatable bonds is 4. The van der Waals surface area contributed by atoms with Crippen LogP contribution in [0.4, 0.5) is 0 Å². The van der Waals surface area contributed by atoms with Gasteiger partial charge in [0.05, 0.1) is 12.8 Å². The van der Waals surface area contributed by atoms with Crippen LogP contribution in [0.2, 0.25) is 5.02 Å². The number of methoxy groups -OCH3 is 1. The first-order chi connectivity index (χ1) is 8.24. The van der Waals surface area contributed by atoms with Crippen LogP contribution in [0, 0.1) is 0 Å². The van der Waals surface area contributed by atoms with E-state index in [-0.39, 0.29) is 0 Å². The second kappa shape index (κ2) is 5.65. The van der Waals surface area contributed by atoms with E-state index in [2.05, 4.69) is 22.0 Å². The zero-order chi connectivity index (χ0) is 12.3. The lowest BCUT2D eigenvalue weighted by Gasteiger charge is -2.22. The summed E-state index contributed by atoms with van der Waals surface area (Å²) in [7, 11) is 1.55. The largest absolute Gasteiger partial charge is 0.479 e. The first-order valence-corrected chi connectivity index (χ1v) is 6.42. The molecule has 0 saturated carbocycles. The third-order valence-corrected chi connectivity index (χ3v) is 3.58. The summed E-state index contributed by atoms with van der Waals surface area (Å²) in [5.41, 5.74) is 0.946. The van der Waals surface area contributed by atoms with Gasteiger partial charge in [0, 0.05) is 12.5 Å². The van der Waals surface area contributed by atoms with Crippen molar-refractivity contribution < 1.29 is 4.74 Å². The molecule has 0 radical (unpaired) electrons. The summed E-state index contributed by atoms with van der Waals surface area (Å²) in [6.45, 7) is 4.49. The van der Waals surface area contributed by atoms with Gasteiger partial charge in [0.25, 0.3) is 5.88 Å². The summed E-state index contributed by atoms with van der Waals surface area (Å²) < 4.78 is 5.00. The van der Waals surface area contributed by atoms with E-state index in [4.69, 9.17) is 16.3 Å². The van der Waals surface area contributed by atoms with Gasteiger partial charge in [-0.2, -0.15) is 5.10 Å². The van der Waals surface area contributed by atoms with Gasteiger partial charge in [0.2, 0.25) is 0 Å². The number of hydrogen-bond acceptors (Lipinski definition) is 4. The zero-order valence-electron chi connectivity index (χ0n) is 10.3. The van der Waals surface area contributed by atoms with E-state index < -0.39 is 0 Å². The lowest BCUT2D eigenvalue weighted by molar-refractivity contribution is 0.264. The Balaban J connectivity index is 2.05. The quantitative estimate of drug-likeness (QED) is 0.827.